The molecule has 1 aromatic carbocycles. The Labute approximate surface area is 207 Å². The molecule has 3 aromatic rings. The largest absolute Gasteiger partial charge is 0.476 e. The molecular formula is C21H28N9O5P. The summed E-state index contributed by atoms with van der Waals surface area (Å²) in [6.45, 7) is 4.15. The van der Waals surface area contributed by atoms with Crippen molar-refractivity contribution in [3.8, 4) is 5.88 Å². The summed E-state index contributed by atoms with van der Waals surface area (Å²) in [7, 11) is -2.32. The number of benzene rings is 1. The maximum atomic E-state index is 13.1. The normalized spacial score (nSPS) is 23.3. The molecule has 14 nitrogen and oxygen atoms in total. The predicted octanol–water partition coefficient (Wildman–Crippen LogP) is 3.72. The zero-order valence-corrected chi connectivity index (χ0v) is 21.0. The van der Waals surface area contributed by atoms with Crippen molar-refractivity contribution in [2.24, 2.45) is 5.11 Å². The molecule has 4 atom stereocenters. The molecule has 1 aliphatic rings. The van der Waals surface area contributed by atoms with Gasteiger partial charge in [-0.2, -0.15) is 9.97 Å². The topological polar surface area (TPSA) is 184 Å². The van der Waals surface area contributed by atoms with Crippen molar-refractivity contribution in [1.29, 1.82) is 0 Å². The molecule has 1 fully saturated rings. The van der Waals surface area contributed by atoms with E-state index < -0.39 is 25.6 Å². The van der Waals surface area contributed by atoms with Crippen molar-refractivity contribution >= 4 is 24.9 Å². The van der Waals surface area contributed by atoms with Crippen LogP contribution in [0.5, 0.6) is 5.88 Å². The van der Waals surface area contributed by atoms with Crippen LogP contribution in [0.4, 0.5) is 5.95 Å². The highest BCUT2D eigenvalue weighted by Gasteiger charge is 2.47. The summed E-state index contributed by atoms with van der Waals surface area (Å²) in [4.78, 5) is 15.8. The number of hydrogen-bond donors (Lipinski definition) is 2. The van der Waals surface area contributed by atoms with Gasteiger partial charge in [0.05, 0.1) is 31.2 Å². The van der Waals surface area contributed by atoms with Crippen LogP contribution in [0.2, 0.25) is 0 Å². The van der Waals surface area contributed by atoms with E-state index in [0.29, 0.717) is 24.3 Å². The Bertz CT molecular complexity index is 1300. The fourth-order valence-electron chi connectivity index (χ4n) is 4.04. The van der Waals surface area contributed by atoms with Crippen LogP contribution >= 0.6 is 7.75 Å². The second-order valence-corrected chi connectivity index (χ2v) is 10.2. The van der Waals surface area contributed by atoms with E-state index in [1.54, 1.807) is 11.5 Å². The van der Waals surface area contributed by atoms with Gasteiger partial charge >= 0.3 is 7.75 Å². The standard InChI is InChI=1S/C21H28N9O5P/c1-4-33-18-16-17(26-20(22)27-18)30(13-24-16)19-21(2,28-29-23)10-15(35-19)12-34-36(31,32-3)25-11-14-8-6-5-7-9-14/h5-9,13,15,19H,4,10-12H2,1-3H3,(H,25,31)(H2,22,26,27)/t15-,19?,21+,36?/m0/s1. The first-order valence-electron chi connectivity index (χ1n) is 11.2. The van der Waals surface area contributed by atoms with Crippen molar-refractivity contribution in [2.75, 3.05) is 26.1 Å². The molecule has 3 heterocycles. The third-order valence-electron chi connectivity index (χ3n) is 5.70. The quantitative estimate of drug-likeness (QED) is 0.164. The lowest BCUT2D eigenvalue weighted by atomic mass is 9.97. The van der Waals surface area contributed by atoms with Gasteiger partial charge in [-0.1, -0.05) is 35.4 Å². The summed E-state index contributed by atoms with van der Waals surface area (Å²) in [6.07, 6.45) is 0.412. The Morgan fingerprint density at radius 1 is 1.39 bits per heavy atom. The van der Waals surface area contributed by atoms with Gasteiger partial charge in [-0.3, -0.25) is 9.09 Å². The molecule has 192 valence electrons. The zero-order chi connectivity index (χ0) is 25.8. The smallest absolute Gasteiger partial charge is 0.405 e. The van der Waals surface area contributed by atoms with Crippen molar-refractivity contribution in [2.45, 2.75) is 44.7 Å². The number of ether oxygens (including phenoxy) is 2. The number of nitrogens with two attached hydrogens (primary N) is 1. The van der Waals surface area contributed by atoms with Crippen LogP contribution in [0, 0.1) is 0 Å². The first kappa shape index (κ1) is 25.8. The van der Waals surface area contributed by atoms with Crippen LogP contribution in [-0.2, 0) is 24.9 Å². The summed E-state index contributed by atoms with van der Waals surface area (Å²) in [5.41, 5.74) is 15.8. The number of rotatable bonds is 11. The Morgan fingerprint density at radius 2 is 2.17 bits per heavy atom. The fraction of sp³-hybridized carbons (Fsp3) is 0.476. The molecule has 2 unspecified atom stereocenters. The van der Waals surface area contributed by atoms with Crippen molar-refractivity contribution < 1.29 is 23.1 Å². The molecule has 0 saturated carbocycles. The molecule has 3 N–H and O–H groups in total. The molecule has 1 aliphatic heterocycles. The van der Waals surface area contributed by atoms with E-state index in [2.05, 4.69) is 30.1 Å². The SMILES string of the molecule is CCOc1nc(N)nc2c1ncn2C1O[C@H](COP(=O)(NCc2ccccc2)OC)C[C@@]1(C)N=[N+]=[N-]. The molecule has 0 radical (unpaired) electrons. The van der Waals surface area contributed by atoms with Crippen LogP contribution in [0.1, 0.15) is 32.1 Å². The summed E-state index contributed by atoms with van der Waals surface area (Å²) in [5.74, 6) is 0.245. The van der Waals surface area contributed by atoms with Gasteiger partial charge in [0.1, 0.15) is 6.23 Å². The van der Waals surface area contributed by atoms with Gasteiger partial charge in [0.2, 0.25) is 11.8 Å². The second kappa shape index (κ2) is 10.8. The fourth-order valence-corrected chi connectivity index (χ4v) is 5.10. The van der Waals surface area contributed by atoms with Gasteiger partial charge in [0.25, 0.3) is 0 Å². The van der Waals surface area contributed by atoms with E-state index in [4.69, 9.17) is 24.3 Å². The molecule has 0 bridgehead atoms. The third kappa shape index (κ3) is 5.44. The van der Waals surface area contributed by atoms with E-state index in [-0.39, 0.29) is 24.9 Å². The highest BCUT2D eigenvalue weighted by molar-refractivity contribution is 7.51. The number of aromatic nitrogens is 4. The number of anilines is 1. The van der Waals surface area contributed by atoms with E-state index in [9.17, 15) is 10.1 Å². The van der Waals surface area contributed by atoms with Gasteiger partial charge in [-0.25, -0.2) is 14.6 Å². The van der Waals surface area contributed by atoms with Gasteiger partial charge in [0.15, 0.2) is 11.2 Å². The van der Waals surface area contributed by atoms with Crippen LogP contribution in [0.3, 0.4) is 0 Å². The molecule has 36 heavy (non-hydrogen) atoms. The van der Waals surface area contributed by atoms with E-state index in [1.165, 1.54) is 13.4 Å². The minimum Gasteiger partial charge on any atom is -0.476 e. The average Bonchev–Trinajstić information content (AvgIpc) is 3.43. The molecule has 0 aliphatic carbocycles. The highest BCUT2D eigenvalue weighted by Crippen LogP contribution is 2.47. The molecule has 2 aromatic heterocycles. The van der Waals surface area contributed by atoms with E-state index in [1.807, 2.05) is 37.3 Å². The summed E-state index contributed by atoms with van der Waals surface area (Å²) in [5, 5.41) is 6.83. The monoisotopic (exact) mass is 517 g/mol. The van der Waals surface area contributed by atoms with Crippen molar-refractivity contribution in [3.63, 3.8) is 0 Å². The summed E-state index contributed by atoms with van der Waals surface area (Å²) >= 11 is 0. The Balaban J connectivity index is 1.53. The Hall–Kier alpha value is -3.25. The van der Waals surface area contributed by atoms with Crippen LogP contribution < -0.4 is 15.6 Å². The van der Waals surface area contributed by atoms with Gasteiger partial charge in [-0.15, -0.1) is 0 Å². The number of imidazole rings is 1. The van der Waals surface area contributed by atoms with Gasteiger partial charge < -0.3 is 19.7 Å². The zero-order valence-electron chi connectivity index (χ0n) is 20.1. The lowest BCUT2D eigenvalue weighted by Crippen LogP contribution is -2.29. The molecule has 0 amide bonds. The van der Waals surface area contributed by atoms with Gasteiger partial charge in [0, 0.05) is 18.6 Å². The summed E-state index contributed by atoms with van der Waals surface area (Å²) < 4.78 is 37.2. The maximum Gasteiger partial charge on any atom is 0.405 e. The lowest BCUT2D eigenvalue weighted by Gasteiger charge is -2.25. The molecule has 4 rings (SSSR count). The van der Waals surface area contributed by atoms with Crippen LogP contribution in [0.15, 0.2) is 41.8 Å². The van der Waals surface area contributed by atoms with Crippen molar-refractivity contribution in [1.82, 2.24) is 24.6 Å². The van der Waals surface area contributed by atoms with Gasteiger partial charge in [-0.05, 0) is 31.4 Å². The summed E-state index contributed by atoms with van der Waals surface area (Å²) in [6, 6.07) is 9.45. The van der Waals surface area contributed by atoms with E-state index >= 15 is 0 Å². The second-order valence-electron chi connectivity index (χ2n) is 8.30. The number of azide groups is 1. The number of nitrogens with one attached hydrogen (secondary N) is 1. The number of nitrogen functional groups attached to an aromatic ring is 1. The van der Waals surface area contributed by atoms with Crippen LogP contribution in [-0.4, -0.2) is 51.5 Å². The van der Waals surface area contributed by atoms with E-state index in [0.717, 1.165) is 5.56 Å². The molecule has 1 saturated heterocycles. The average molecular weight is 517 g/mol. The lowest BCUT2D eigenvalue weighted by molar-refractivity contribution is -0.0314. The predicted molar refractivity (Wildman–Crippen MR) is 131 cm³/mol. The third-order valence-corrected chi connectivity index (χ3v) is 7.21. The minimum atomic E-state index is -3.62. The molecule has 15 heteroatoms. The van der Waals surface area contributed by atoms with Crippen molar-refractivity contribution in [3.05, 3.63) is 52.7 Å². The number of fused-ring (bicyclic) bond motifs is 1. The minimum absolute atomic E-state index is 0.00147. The first-order valence-corrected chi connectivity index (χ1v) is 12.8. The number of nitrogens with zero attached hydrogens (tertiary/aromatic N) is 7. The first-order chi connectivity index (χ1) is 17.3. The Morgan fingerprint density at radius 3 is 2.86 bits per heavy atom. The maximum absolute atomic E-state index is 13.1. The number of hydrogen-bond acceptors (Lipinski definition) is 10. The molecule has 0 spiro atoms. The van der Waals surface area contributed by atoms with Crippen LogP contribution in [0.25, 0.3) is 21.6 Å². The highest BCUT2D eigenvalue weighted by atomic mass is 31.2. The molecular weight excluding hydrogens is 489 g/mol. The Kier molecular flexibility index (Phi) is 7.74.